The lowest BCUT2D eigenvalue weighted by molar-refractivity contribution is 0.285. The molecule has 0 spiro atoms. The van der Waals surface area contributed by atoms with E-state index in [1.165, 1.54) is 6.42 Å². The molecule has 0 aromatic heterocycles. The van der Waals surface area contributed by atoms with E-state index in [-0.39, 0.29) is 11.2 Å². The first-order valence-corrected chi connectivity index (χ1v) is 7.20. The van der Waals surface area contributed by atoms with Crippen LogP contribution in [0.15, 0.2) is 6.07 Å². The van der Waals surface area contributed by atoms with Crippen LogP contribution in [0.2, 0.25) is 5.02 Å². The Morgan fingerprint density at radius 2 is 2.00 bits per heavy atom. The number of halogens is 1. The van der Waals surface area contributed by atoms with Gasteiger partial charge in [-0.1, -0.05) is 30.9 Å². The molecule has 4 heteroatoms. The largest absolute Gasteiger partial charge is 0.504 e. The van der Waals surface area contributed by atoms with Gasteiger partial charge >= 0.3 is 0 Å². The molecular weight excluding hydrogens is 262 g/mol. The Morgan fingerprint density at radius 3 is 2.53 bits per heavy atom. The number of hydrogen-bond donors (Lipinski definition) is 2. The minimum absolute atomic E-state index is 0.158. The van der Waals surface area contributed by atoms with Gasteiger partial charge in [-0.3, -0.25) is 0 Å². The van der Waals surface area contributed by atoms with Gasteiger partial charge in [0.2, 0.25) is 0 Å². The van der Waals surface area contributed by atoms with Crippen LogP contribution in [-0.4, -0.2) is 18.8 Å². The fourth-order valence-electron chi connectivity index (χ4n) is 3.18. The number of ether oxygens (including phenoxy) is 1. The van der Waals surface area contributed by atoms with E-state index in [2.05, 4.69) is 0 Å². The fourth-order valence-corrected chi connectivity index (χ4v) is 3.52. The van der Waals surface area contributed by atoms with Gasteiger partial charge in [0.15, 0.2) is 11.5 Å². The number of rotatable bonds is 3. The Bertz CT molecular complexity index is 468. The van der Waals surface area contributed by atoms with E-state index in [1.54, 1.807) is 13.2 Å². The molecule has 0 bridgehead atoms. The lowest BCUT2D eigenvalue weighted by atomic mass is 9.68. The zero-order valence-corrected chi connectivity index (χ0v) is 12.4. The second-order valence-electron chi connectivity index (χ2n) is 5.48. The molecule has 0 saturated heterocycles. The maximum atomic E-state index is 10.5. The number of aromatic hydroxyl groups is 1. The Labute approximate surface area is 119 Å². The van der Waals surface area contributed by atoms with Crippen LogP contribution in [0.4, 0.5) is 0 Å². The zero-order valence-electron chi connectivity index (χ0n) is 11.6. The molecule has 0 atom stereocenters. The molecule has 1 aromatic rings. The molecule has 2 rings (SSSR count). The smallest absolute Gasteiger partial charge is 0.163 e. The minimum atomic E-state index is -0.210. The van der Waals surface area contributed by atoms with E-state index in [1.807, 2.05) is 6.92 Å². The number of nitrogens with two attached hydrogens (primary N) is 1. The van der Waals surface area contributed by atoms with E-state index in [0.717, 1.165) is 36.8 Å². The molecule has 1 aromatic carbocycles. The summed E-state index contributed by atoms with van der Waals surface area (Å²) >= 11 is 6.46. The first-order valence-electron chi connectivity index (χ1n) is 6.82. The summed E-state index contributed by atoms with van der Waals surface area (Å²) in [7, 11) is 1.56. The van der Waals surface area contributed by atoms with Crippen LogP contribution in [0.3, 0.4) is 0 Å². The molecule has 106 valence electrons. The highest BCUT2D eigenvalue weighted by Gasteiger charge is 2.38. The van der Waals surface area contributed by atoms with Gasteiger partial charge < -0.3 is 15.6 Å². The number of benzene rings is 1. The topological polar surface area (TPSA) is 55.5 Å². The van der Waals surface area contributed by atoms with Crippen molar-refractivity contribution in [1.29, 1.82) is 0 Å². The SMILES string of the molecule is COc1cc(C)c(Cl)c(C2(CN)CCCCC2)c1O. The van der Waals surface area contributed by atoms with Gasteiger partial charge in [0, 0.05) is 17.5 Å². The van der Waals surface area contributed by atoms with E-state index in [0.29, 0.717) is 17.3 Å². The molecule has 3 nitrogen and oxygen atoms in total. The van der Waals surface area contributed by atoms with Gasteiger partial charge in [-0.05, 0) is 31.4 Å². The molecule has 1 aliphatic rings. The molecule has 0 unspecified atom stereocenters. The van der Waals surface area contributed by atoms with E-state index < -0.39 is 0 Å². The molecule has 0 heterocycles. The molecular formula is C15H22ClNO2. The fraction of sp³-hybridized carbons (Fsp3) is 0.600. The van der Waals surface area contributed by atoms with Crippen molar-refractivity contribution >= 4 is 11.6 Å². The molecule has 1 aliphatic carbocycles. The summed E-state index contributed by atoms with van der Waals surface area (Å²) in [5.41, 5.74) is 7.54. The van der Waals surface area contributed by atoms with Crippen LogP contribution in [0.1, 0.15) is 43.2 Å². The zero-order chi connectivity index (χ0) is 14.0. The molecule has 1 saturated carbocycles. The van der Waals surface area contributed by atoms with Crippen LogP contribution in [0.5, 0.6) is 11.5 Å². The highest BCUT2D eigenvalue weighted by Crippen LogP contribution is 2.49. The van der Waals surface area contributed by atoms with E-state index in [9.17, 15) is 5.11 Å². The van der Waals surface area contributed by atoms with Gasteiger partial charge in [0.25, 0.3) is 0 Å². The van der Waals surface area contributed by atoms with Crippen molar-refractivity contribution in [2.75, 3.05) is 13.7 Å². The van der Waals surface area contributed by atoms with Crippen LogP contribution >= 0.6 is 11.6 Å². The second-order valence-corrected chi connectivity index (χ2v) is 5.86. The monoisotopic (exact) mass is 283 g/mol. The summed E-state index contributed by atoms with van der Waals surface area (Å²) < 4.78 is 5.25. The highest BCUT2D eigenvalue weighted by atomic mass is 35.5. The molecule has 0 amide bonds. The summed E-state index contributed by atoms with van der Waals surface area (Å²) in [6.45, 7) is 2.44. The van der Waals surface area contributed by atoms with Gasteiger partial charge in [0.05, 0.1) is 12.1 Å². The lowest BCUT2D eigenvalue weighted by Crippen LogP contribution is -2.37. The van der Waals surface area contributed by atoms with Crippen molar-refractivity contribution in [1.82, 2.24) is 0 Å². The molecule has 0 radical (unpaired) electrons. The Balaban J connectivity index is 2.62. The highest BCUT2D eigenvalue weighted by molar-refractivity contribution is 6.32. The van der Waals surface area contributed by atoms with Crippen molar-refractivity contribution in [3.8, 4) is 11.5 Å². The van der Waals surface area contributed by atoms with Crippen LogP contribution in [0, 0.1) is 6.92 Å². The summed E-state index contributed by atoms with van der Waals surface area (Å²) in [5, 5.41) is 11.1. The molecule has 1 fully saturated rings. The lowest BCUT2D eigenvalue weighted by Gasteiger charge is -2.38. The normalized spacial score (nSPS) is 18.3. The van der Waals surface area contributed by atoms with E-state index >= 15 is 0 Å². The van der Waals surface area contributed by atoms with Crippen molar-refractivity contribution in [3.63, 3.8) is 0 Å². The summed E-state index contributed by atoms with van der Waals surface area (Å²) in [6, 6.07) is 1.77. The predicted octanol–water partition coefficient (Wildman–Crippen LogP) is 3.52. The first kappa shape index (κ1) is 14.5. The maximum absolute atomic E-state index is 10.5. The Morgan fingerprint density at radius 1 is 1.37 bits per heavy atom. The van der Waals surface area contributed by atoms with Gasteiger partial charge in [-0.2, -0.15) is 0 Å². The van der Waals surface area contributed by atoms with Crippen LogP contribution < -0.4 is 10.5 Å². The Hall–Kier alpha value is -0.930. The predicted molar refractivity (Wildman–Crippen MR) is 78.2 cm³/mol. The number of methoxy groups -OCH3 is 1. The third-order valence-corrected chi connectivity index (χ3v) is 4.82. The summed E-state index contributed by atoms with van der Waals surface area (Å²) in [5.74, 6) is 0.640. The number of phenols is 1. The van der Waals surface area contributed by atoms with Crippen molar-refractivity contribution in [3.05, 3.63) is 22.2 Å². The van der Waals surface area contributed by atoms with E-state index in [4.69, 9.17) is 22.1 Å². The quantitative estimate of drug-likeness (QED) is 0.892. The van der Waals surface area contributed by atoms with Crippen LogP contribution in [0.25, 0.3) is 0 Å². The maximum Gasteiger partial charge on any atom is 0.163 e. The second kappa shape index (κ2) is 5.59. The van der Waals surface area contributed by atoms with Crippen molar-refractivity contribution in [2.45, 2.75) is 44.4 Å². The first-order chi connectivity index (χ1) is 9.05. The van der Waals surface area contributed by atoms with Crippen molar-refractivity contribution in [2.24, 2.45) is 5.73 Å². The average molecular weight is 284 g/mol. The van der Waals surface area contributed by atoms with Crippen molar-refractivity contribution < 1.29 is 9.84 Å². The third kappa shape index (κ3) is 2.41. The summed E-state index contributed by atoms with van der Waals surface area (Å²) in [4.78, 5) is 0. The third-order valence-electron chi connectivity index (χ3n) is 4.34. The molecule has 3 N–H and O–H groups in total. The van der Waals surface area contributed by atoms with Gasteiger partial charge in [-0.25, -0.2) is 0 Å². The van der Waals surface area contributed by atoms with Gasteiger partial charge in [-0.15, -0.1) is 0 Å². The number of aryl methyl sites for hydroxylation is 1. The molecule has 0 aliphatic heterocycles. The standard InChI is InChI=1S/C15H22ClNO2/c1-10-8-11(19-2)14(18)12(13(10)16)15(9-17)6-4-3-5-7-15/h8,18H,3-7,9,17H2,1-2H3. The summed E-state index contributed by atoms with van der Waals surface area (Å²) in [6.07, 6.45) is 5.43. The van der Waals surface area contributed by atoms with Gasteiger partial charge in [0.1, 0.15) is 0 Å². The van der Waals surface area contributed by atoms with Crippen LogP contribution in [-0.2, 0) is 5.41 Å². The number of hydrogen-bond acceptors (Lipinski definition) is 3. The average Bonchev–Trinajstić information content (AvgIpc) is 2.44. The Kier molecular flexibility index (Phi) is 4.26. The number of phenolic OH excluding ortho intramolecular Hbond substituents is 1. The minimum Gasteiger partial charge on any atom is -0.504 e. The molecule has 19 heavy (non-hydrogen) atoms.